The summed E-state index contributed by atoms with van der Waals surface area (Å²) in [6.07, 6.45) is 15.1. The summed E-state index contributed by atoms with van der Waals surface area (Å²) in [5.41, 5.74) is 12.1. The number of aromatic nitrogens is 3. The smallest absolute Gasteiger partial charge is 0.299 e. The van der Waals surface area contributed by atoms with Gasteiger partial charge in [0.25, 0.3) is 5.95 Å². The van der Waals surface area contributed by atoms with Crippen LogP contribution in [0.4, 0.5) is 5.13 Å². The second kappa shape index (κ2) is 17.3. The number of aliphatic imine (C=N–C) groups is 1. The largest absolute Gasteiger partial charge is 0.480 e. The fourth-order valence-corrected chi connectivity index (χ4v) is 12.8. The normalized spacial score (nSPS) is 25.3. The number of benzene rings is 1. The van der Waals surface area contributed by atoms with Crippen molar-refractivity contribution in [2.24, 2.45) is 32.4 Å². The van der Waals surface area contributed by atoms with Crippen LogP contribution in [-0.4, -0.2) is 96.1 Å². The minimum atomic E-state index is -0.826. The molecule has 2 aliphatic heterocycles. The highest BCUT2D eigenvalue weighted by Gasteiger charge is 2.57. The lowest BCUT2D eigenvalue weighted by Gasteiger charge is -2.62. The standard InChI is InChI=1S/C47H67N9O4S/c1-30(40(48)53-43-51-36-13-8-9-14-37(36)61-43)33-12-10-20-55(41(33)49)38-16-15-34(39(52-38)42(59)60)35-22-50-56(31(35)2)29-47-26-44(3,4)24-46(28-47,25-45(5,6)27-47)18-11-19-54(7)21-17-32(58)23-57/h8-9,13-16,22,32,49,52,57-60H,10-12,17-21,23-29H2,1-7H3,(H2,48,51,53)/b33-30-,49-41?. The second-order valence-corrected chi connectivity index (χ2v) is 21.2. The van der Waals surface area contributed by atoms with Gasteiger partial charge in [0.2, 0.25) is 5.13 Å². The molecule has 3 fully saturated rings. The van der Waals surface area contributed by atoms with Gasteiger partial charge in [-0.2, -0.15) is 5.10 Å². The zero-order valence-electron chi connectivity index (χ0n) is 37.2. The molecule has 4 heterocycles. The number of fused-ring (bicyclic) bond motifs is 3. The zero-order chi connectivity index (χ0) is 43.9. The van der Waals surface area contributed by atoms with E-state index in [0.717, 1.165) is 90.8 Å². The number of dihydropyridines is 1. The van der Waals surface area contributed by atoms with Gasteiger partial charge in [0.05, 0.1) is 29.1 Å². The van der Waals surface area contributed by atoms with E-state index in [1.54, 1.807) is 0 Å². The van der Waals surface area contributed by atoms with Crippen LogP contribution in [0.2, 0.25) is 0 Å². The molecule has 4 aliphatic rings. The van der Waals surface area contributed by atoms with Gasteiger partial charge in [0.1, 0.15) is 23.2 Å². The van der Waals surface area contributed by atoms with Crippen molar-refractivity contribution < 1.29 is 20.4 Å². The third kappa shape index (κ3) is 9.77. The minimum absolute atomic E-state index is 0.0548. The van der Waals surface area contributed by atoms with Gasteiger partial charge < -0.3 is 41.3 Å². The molecule has 2 aliphatic carbocycles. The number of thiazole rings is 1. The van der Waals surface area contributed by atoms with Gasteiger partial charge in [-0.3, -0.25) is 10.1 Å². The van der Waals surface area contributed by atoms with Gasteiger partial charge in [-0.05, 0) is 143 Å². The number of aliphatic hydroxyl groups is 4. The third-order valence-corrected chi connectivity index (χ3v) is 14.4. The molecule has 1 unspecified atom stereocenters. The monoisotopic (exact) mass is 854 g/mol. The van der Waals surface area contributed by atoms with Gasteiger partial charge in [-0.25, -0.2) is 9.98 Å². The van der Waals surface area contributed by atoms with Crippen LogP contribution in [0.15, 0.2) is 76.2 Å². The molecule has 8 N–H and O–H groups in total. The number of allylic oxidation sites excluding steroid dienone is 3. The Balaban J connectivity index is 1.10. The number of likely N-dealkylation sites (tertiary alicyclic amines) is 1. The maximum absolute atomic E-state index is 10.7. The SMILES string of the molecule is CC(=C1\CCCN(C2=CC=C(c3cnn(CC45CC(C)(C)CC(CCCN(C)CCC(O)CO)(CC(C)(C)C4)C5)c3C)C(=C(O)O)N2)C1=N)/C(N)=N\c1nc2ccccc2s1. The number of aliphatic hydroxyl groups excluding tert-OH is 3. The molecule has 1 aromatic carbocycles. The van der Waals surface area contributed by atoms with Crippen molar-refractivity contribution >= 4 is 43.9 Å². The average Bonchev–Trinajstić information content (AvgIpc) is 3.76. The van der Waals surface area contributed by atoms with E-state index in [0.29, 0.717) is 41.7 Å². The molecular weight excluding hydrogens is 787 g/mol. The molecule has 2 saturated carbocycles. The summed E-state index contributed by atoms with van der Waals surface area (Å²) in [6, 6.07) is 7.87. The fraction of sp³-hybridized carbons (Fsp3) is 0.574. The lowest BCUT2D eigenvalue weighted by molar-refractivity contribution is -0.122. The summed E-state index contributed by atoms with van der Waals surface area (Å²) in [6.45, 7) is 16.6. The van der Waals surface area contributed by atoms with E-state index in [9.17, 15) is 25.8 Å². The summed E-state index contributed by atoms with van der Waals surface area (Å²) < 4.78 is 3.18. The Hall–Kier alpha value is -4.50. The second-order valence-electron chi connectivity index (χ2n) is 20.2. The molecule has 61 heavy (non-hydrogen) atoms. The topological polar surface area (TPSA) is 192 Å². The van der Waals surface area contributed by atoms with Crippen molar-refractivity contribution in [3.63, 3.8) is 0 Å². The summed E-state index contributed by atoms with van der Waals surface area (Å²) in [4.78, 5) is 13.4. The predicted molar refractivity (Wildman–Crippen MR) is 246 cm³/mol. The molecule has 3 aromatic rings. The van der Waals surface area contributed by atoms with Crippen LogP contribution >= 0.6 is 11.3 Å². The number of rotatable bonds is 14. The first-order valence-corrected chi connectivity index (χ1v) is 22.7. The van der Waals surface area contributed by atoms with Crippen molar-refractivity contribution in [2.75, 3.05) is 33.3 Å². The van der Waals surface area contributed by atoms with Crippen molar-refractivity contribution in [3.05, 3.63) is 82.5 Å². The molecule has 7 rings (SSSR count). The summed E-state index contributed by atoms with van der Waals surface area (Å²) in [7, 11) is 2.11. The third-order valence-electron chi connectivity index (χ3n) is 13.5. The fourth-order valence-electron chi connectivity index (χ4n) is 12.0. The van der Waals surface area contributed by atoms with E-state index >= 15 is 0 Å². The van der Waals surface area contributed by atoms with Crippen molar-refractivity contribution in [2.45, 2.75) is 118 Å². The molecule has 13 nitrogen and oxygen atoms in total. The molecule has 0 amide bonds. The minimum Gasteiger partial charge on any atom is -0.480 e. The summed E-state index contributed by atoms with van der Waals surface area (Å²) in [5, 5.41) is 58.7. The van der Waals surface area contributed by atoms with Crippen LogP contribution in [0.5, 0.6) is 0 Å². The molecule has 2 aromatic heterocycles. The Kier molecular flexibility index (Phi) is 12.7. The number of amidine groups is 2. The first kappa shape index (κ1) is 44.6. The molecule has 1 saturated heterocycles. The lowest BCUT2D eigenvalue weighted by Crippen LogP contribution is -2.53. The van der Waals surface area contributed by atoms with Crippen LogP contribution in [-0.2, 0) is 6.54 Å². The zero-order valence-corrected chi connectivity index (χ0v) is 38.0. The number of piperidine rings is 1. The number of nitrogens with one attached hydrogen (secondary N) is 2. The highest BCUT2D eigenvalue weighted by Crippen LogP contribution is 2.67. The van der Waals surface area contributed by atoms with Crippen LogP contribution in [0.3, 0.4) is 0 Å². The molecule has 330 valence electrons. The molecule has 14 heteroatoms. The average molecular weight is 854 g/mol. The van der Waals surface area contributed by atoms with Crippen LogP contribution in [0, 0.1) is 34.0 Å². The molecule has 0 radical (unpaired) electrons. The summed E-state index contributed by atoms with van der Waals surface area (Å²) in [5.74, 6) is 0.353. The number of hydrogen-bond acceptors (Lipinski definition) is 11. The van der Waals surface area contributed by atoms with Gasteiger partial charge >= 0.3 is 0 Å². The highest BCUT2D eigenvalue weighted by atomic mass is 32.1. The van der Waals surface area contributed by atoms with Crippen LogP contribution in [0.1, 0.15) is 110 Å². The Labute approximate surface area is 365 Å². The Bertz CT molecular complexity index is 2240. The van der Waals surface area contributed by atoms with Crippen molar-refractivity contribution in [1.82, 2.24) is 29.9 Å². The number of nitrogens with two attached hydrogens (primary N) is 1. The Morgan fingerprint density at radius 2 is 1.75 bits per heavy atom. The van der Waals surface area contributed by atoms with E-state index in [1.165, 1.54) is 24.2 Å². The van der Waals surface area contributed by atoms with E-state index in [4.69, 9.17) is 10.8 Å². The predicted octanol–water partition coefficient (Wildman–Crippen LogP) is 8.45. The maximum Gasteiger partial charge on any atom is 0.299 e. The molecule has 0 spiro atoms. The maximum atomic E-state index is 10.7. The number of hydrogen-bond donors (Lipinski definition) is 7. The first-order valence-electron chi connectivity index (χ1n) is 21.9. The first-order chi connectivity index (χ1) is 28.8. The number of para-hydroxylation sites is 1. The molecular formula is C47H67N9O4S. The lowest BCUT2D eigenvalue weighted by atomic mass is 9.43. The van der Waals surface area contributed by atoms with Crippen LogP contribution < -0.4 is 11.1 Å². The van der Waals surface area contributed by atoms with E-state index in [1.807, 2.05) is 54.4 Å². The van der Waals surface area contributed by atoms with Gasteiger partial charge in [0, 0.05) is 42.0 Å². The molecule has 1 atom stereocenters. The number of nitrogens with zero attached hydrogens (tertiary/aromatic N) is 6. The van der Waals surface area contributed by atoms with E-state index in [2.05, 4.69) is 66.5 Å². The summed E-state index contributed by atoms with van der Waals surface area (Å²) >= 11 is 1.47. The van der Waals surface area contributed by atoms with E-state index in [-0.39, 0.29) is 39.8 Å². The van der Waals surface area contributed by atoms with Crippen LogP contribution in [0.25, 0.3) is 15.8 Å². The van der Waals surface area contributed by atoms with E-state index < -0.39 is 12.0 Å². The van der Waals surface area contributed by atoms with Gasteiger partial charge in [0.15, 0.2) is 0 Å². The van der Waals surface area contributed by atoms with Gasteiger partial charge in [-0.15, -0.1) is 0 Å². The highest BCUT2D eigenvalue weighted by molar-refractivity contribution is 7.22. The van der Waals surface area contributed by atoms with Crippen molar-refractivity contribution in [3.8, 4) is 0 Å². The molecule has 2 bridgehead atoms. The van der Waals surface area contributed by atoms with Gasteiger partial charge in [-0.1, -0.05) is 51.2 Å². The Morgan fingerprint density at radius 1 is 1.05 bits per heavy atom. The van der Waals surface area contributed by atoms with Crippen molar-refractivity contribution in [1.29, 1.82) is 5.41 Å². The quantitative estimate of drug-likeness (QED) is 0.0470. The Morgan fingerprint density at radius 3 is 2.44 bits per heavy atom.